The molecule has 2 aromatic carbocycles. The van der Waals surface area contributed by atoms with Gasteiger partial charge in [-0.2, -0.15) is 0 Å². The second-order valence-electron chi connectivity index (χ2n) is 6.55. The second-order valence-corrected chi connectivity index (χ2v) is 8.23. The van der Waals surface area contributed by atoms with Gasteiger partial charge in [-0.25, -0.2) is 17.2 Å². The number of aromatic nitrogens is 1. The maximum absolute atomic E-state index is 13.3. The fourth-order valence-electron chi connectivity index (χ4n) is 2.58. The standard InChI is InChI=1S/C21H19F2N3O4S/c1-3-20(27)24-21-13(2)25-30-19(21)11-6-14-4-8-16(9-5-14)31(28,29)26-15-7-10-17(22)18(23)12-15/h4-12,26H,3H2,1-2H3,(H,24,27). The lowest BCUT2D eigenvalue weighted by Crippen LogP contribution is -2.13. The summed E-state index contributed by atoms with van der Waals surface area (Å²) in [5.74, 6) is -2.05. The van der Waals surface area contributed by atoms with Crippen molar-refractivity contribution in [2.45, 2.75) is 25.2 Å². The second kappa shape index (κ2) is 9.09. The Morgan fingerprint density at radius 3 is 2.45 bits per heavy atom. The topological polar surface area (TPSA) is 101 Å². The van der Waals surface area contributed by atoms with Gasteiger partial charge in [0.1, 0.15) is 11.4 Å². The molecular weight excluding hydrogens is 428 g/mol. The van der Waals surface area contributed by atoms with Gasteiger partial charge in [0.2, 0.25) is 5.91 Å². The van der Waals surface area contributed by atoms with Crippen LogP contribution in [0, 0.1) is 18.6 Å². The number of carbonyl (C=O) groups is 1. The van der Waals surface area contributed by atoms with E-state index >= 15 is 0 Å². The Kier molecular flexibility index (Phi) is 6.50. The summed E-state index contributed by atoms with van der Waals surface area (Å²) in [6, 6.07) is 8.58. The Morgan fingerprint density at radius 2 is 1.81 bits per heavy atom. The van der Waals surface area contributed by atoms with E-state index in [1.54, 1.807) is 38.1 Å². The molecule has 0 spiro atoms. The van der Waals surface area contributed by atoms with Crippen LogP contribution in [0.25, 0.3) is 12.2 Å². The van der Waals surface area contributed by atoms with Crippen molar-refractivity contribution in [2.24, 2.45) is 0 Å². The molecule has 0 aliphatic carbocycles. The van der Waals surface area contributed by atoms with Crippen LogP contribution in [0.3, 0.4) is 0 Å². The summed E-state index contributed by atoms with van der Waals surface area (Å²) in [5.41, 5.74) is 1.57. The molecule has 7 nitrogen and oxygen atoms in total. The van der Waals surface area contributed by atoms with Crippen LogP contribution in [0.5, 0.6) is 0 Å². The predicted octanol–water partition coefficient (Wildman–Crippen LogP) is 4.58. The zero-order chi connectivity index (χ0) is 22.6. The fraction of sp³-hybridized carbons (Fsp3) is 0.143. The number of anilines is 2. The quantitative estimate of drug-likeness (QED) is 0.552. The first-order chi connectivity index (χ1) is 14.7. The Labute approximate surface area is 177 Å². The van der Waals surface area contributed by atoms with Crippen LogP contribution in [0.2, 0.25) is 0 Å². The number of hydrogen-bond acceptors (Lipinski definition) is 5. The summed E-state index contributed by atoms with van der Waals surface area (Å²) >= 11 is 0. The highest BCUT2D eigenvalue weighted by Gasteiger charge is 2.16. The van der Waals surface area contributed by atoms with Gasteiger partial charge >= 0.3 is 0 Å². The summed E-state index contributed by atoms with van der Waals surface area (Å²) in [5, 5.41) is 6.56. The van der Waals surface area contributed by atoms with E-state index in [2.05, 4.69) is 15.2 Å². The number of aryl methyl sites for hydroxylation is 1. The average molecular weight is 447 g/mol. The van der Waals surface area contributed by atoms with Gasteiger partial charge in [0.25, 0.3) is 10.0 Å². The Hall–Kier alpha value is -3.53. The molecule has 0 unspecified atom stereocenters. The molecule has 3 rings (SSSR count). The molecule has 31 heavy (non-hydrogen) atoms. The number of benzene rings is 2. The third-order valence-electron chi connectivity index (χ3n) is 4.26. The lowest BCUT2D eigenvalue weighted by Gasteiger charge is -2.08. The molecule has 0 bridgehead atoms. The molecule has 0 aliphatic rings. The first-order valence-electron chi connectivity index (χ1n) is 9.21. The van der Waals surface area contributed by atoms with Crippen LogP contribution in [0.15, 0.2) is 51.9 Å². The Morgan fingerprint density at radius 1 is 1.10 bits per heavy atom. The number of rotatable bonds is 7. The lowest BCUT2D eigenvalue weighted by atomic mass is 10.2. The molecule has 0 radical (unpaired) electrons. The molecule has 1 aromatic heterocycles. The van der Waals surface area contributed by atoms with Crippen LogP contribution in [-0.2, 0) is 14.8 Å². The molecule has 162 valence electrons. The summed E-state index contributed by atoms with van der Waals surface area (Å²) in [6.07, 6.45) is 3.58. The molecule has 3 aromatic rings. The number of carbonyl (C=O) groups excluding carboxylic acids is 1. The molecule has 0 aliphatic heterocycles. The van der Waals surface area contributed by atoms with Crippen molar-refractivity contribution >= 4 is 39.5 Å². The highest BCUT2D eigenvalue weighted by Crippen LogP contribution is 2.23. The number of hydrogen-bond donors (Lipinski definition) is 2. The van der Waals surface area contributed by atoms with E-state index in [-0.39, 0.29) is 16.5 Å². The molecule has 2 N–H and O–H groups in total. The maximum atomic E-state index is 13.3. The number of nitrogens with one attached hydrogen (secondary N) is 2. The van der Waals surface area contributed by atoms with E-state index in [0.29, 0.717) is 29.1 Å². The normalized spacial score (nSPS) is 11.6. The van der Waals surface area contributed by atoms with Gasteiger partial charge in [0.05, 0.1) is 10.6 Å². The summed E-state index contributed by atoms with van der Waals surface area (Å²) in [4.78, 5) is 11.6. The van der Waals surface area contributed by atoms with Crippen LogP contribution in [0.4, 0.5) is 20.2 Å². The van der Waals surface area contributed by atoms with Crippen LogP contribution in [-0.4, -0.2) is 19.5 Å². The van der Waals surface area contributed by atoms with E-state index in [0.717, 1.165) is 18.2 Å². The number of sulfonamides is 1. The van der Waals surface area contributed by atoms with E-state index in [1.165, 1.54) is 12.1 Å². The molecule has 0 atom stereocenters. The van der Waals surface area contributed by atoms with Crippen molar-refractivity contribution in [1.29, 1.82) is 0 Å². The zero-order valence-electron chi connectivity index (χ0n) is 16.6. The number of halogens is 2. The SMILES string of the molecule is CCC(=O)Nc1c(C)noc1C=Cc1ccc(S(=O)(=O)Nc2ccc(F)c(F)c2)cc1. The van der Waals surface area contributed by atoms with Crippen molar-refractivity contribution in [2.75, 3.05) is 10.0 Å². The van der Waals surface area contributed by atoms with E-state index < -0.39 is 21.7 Å². The molecule has 10 heteroatoms. The van der Waals surface area contributed by atoms with Gasteiger partial charge < -0.3 is 9.84 Å². The highest BCUT2D eigenvalue weighted by atomic mass is 32.2. The van der Waals surface area contributed by atoms with E-state index in [4.69, 9.17) is 4.52 Å². The first kappa shape index (κ1) is 22.2. The van der Waals surface area contributed by atoms with E-state index in [9.17, 15) is 22.0 Å². The van der Waals surface area contributed by atoms with Crippen molar-refractivity contribution in [3.63, 3.8) is 0 Å². The molecule has 1 amide bonds. The van der Waals surface area contributed by atoms with Gasteiger partial charge in [-0.3, -0.25) is 9.52 Å². The minimum atomic E-state index is -3.99. The third kappa shape index (κ3) is 5.34. The molecule has 0 fully saturated rings. The van der Waals surface area contributed by atoms with Gasteiger partial charge in [-0.1, -0.05) is 30.3 Å². The zero-order valence-corrected chi connectivity index (χ0v) is 17.5. The maximum Gasteiger partial charge on any atom is 0.261 e. The average Bonchev–Trinajstić information content (AvgIpc) is 3.08. The van der Waals surface area contributed by atoms with Gasteiger partial charge in [-0.15, -0.1) is 0 Å². The molecule has 0 saturated carbocycles. The number of nitrogens with zero attached hydrogens (tertiary/aromatic N) is 1. The molecular formula is C21H19F2N3O4S. The van der Waals surface area contributed by atoms with Gasteiger partial charge in [0, 0.05) is 12.5 Å². The van der Waals surface area contributed by atoms with Gasteiger partial charge in [0.15, 0.2) is 17.4 Å². The van der Waals surface area contributed by atoms with Crippen molar-refractivity contribution in [3.8, 4) is 0 Å². The summed E-state index contributed by atoms with van der Waals surface area (Å²) in [7, 11) is -3.99. The predicted molar refractivity (Wildman–Crippen MR) is 113 cm³/mol. The minimum absolute atomic E-state index is 0.0548. The molecule has 1 heterocycles. The Balaban J connectivity index is 1.76. The third-order valence-corrected chi connectivity index (χ3v) is 5.66. The van der Waals surface area contributed by atoms with Crippen LogP contribution in [0.1, 0.15) is 30.4 Å². The molecule has 0 saturated heterocycles. The summed E-state index contributed by atoms with van der Waals surface area (Å²) in [6.45, 7) is 3.43. The van der Waals surface area contributed by atoms with E-state index in [1.807, 2.05) is 0 Å². The van der Waals surface area contributed by atoms with Crippen molar-refractivity contribution in [3.05, 3.63) is 71.1 Å². The monoisotopic (exact) mass is 447 g/mol. The number of amides is 1. The lowest BCUT2D eigenvalue weighted by molar-refractivity contribution is -0.115. The van der Waals surface area contributed by atoms with Crippen molar-refractivity contribution in [1.82, 2.24) is 5.16 Å². The van der Waals surface area contributed by atoms with Crippen molar-refractivity contribution < 1.29 is 26.5 Å². The minimum Gasteiger partial charge on any atom is -0.354 e. The van der Waals surface area contributed by atoms with Crippen LogP contribution >= 0.6 is 0 Å². The summed E-state index contributed by atoms with van der Waals surface area (Å²) < 4.78 is 58.6. The Bertz CT molecular complexity index is 1240. The first-order valence-corrected chi connectivity index (χ1v) is 10.7. The highest BCUT2D eigenvalue weighted by molar-refractivity contribution is 7.92. The van der Waals surface area contributed by atoms with Gasteiger partial charge in [-0.05, 0) is 42.8 Å². The fourth-order valence-corrected chi connectivity index (χ4v) is 3.63. The van der Waals surface area contributed by atoms with Crippen LogP contribution < -0.4 is 10.0 Å². The smallest absolute Gasteiger partial charge is 0.261 e. The largest absolute Gasteiger partial charge is 0.354 e.